The molecule has 2 aromatic rings. The second kappa shape index (κ2) is 9.41. The van der Waals surface area contributed by atoms with Gasteiger partial charge in [0, 0.05) is 32.2 Å². The Morgan fingerprint density at radius 3 is 2.38 bits per heavy atom. The third kappa shape index (κ3) is 4.56. The summed E-state index contributed by atoms with van der Waals surface area (Å²) in [5, 5.41) is 10.4. The molecular weight excluding hydrogens is 406 g/mol. The molecule has 3 heterocycles. The second-order valence-corrected chi connectivity index (χ2v) is 9.00. The molecule has 2 bridgehead atoms. The van der Waals surface area contributed by atoms with Crippen molar-refractivity contribution in [2.75, 3.05) is 33.1 Å². The van der Waals surface area contributed by atoms with E-state index < -0.39 is 0 Å². The van der Waals surface area contributed by atoms with Crippen LogP contribution >= 0.6 is 0 Å². The molecule has 1 fully saturated rings. The van der Waals surface area contributed by atoms with Gasteiger partial charge < -0.3 is 24.2 Å². The van der Waals surface area contributed by atoms with Gasteiger partial charge in [-0.25, -0.2) is 0 Å². The van der Waals surface area contributed by atoms with Gasteiger partial charge in [-0.2, -0.15) is 0 Å². The number of ether oxygens (including phenoxy) is 3. The first-order chi connectivity index (χ1) is 15.7. The highest BCUT2D eigenvalue weighted by Gasteiger charge is 2.26. The van der Waals surface area contributed by atoms with Crippen LogP contribution in [0.3, 0.4) is 0 Å². The normalized spacial score (nSPS) is 19.4. The molecule has 0 aromatic heterocycles. The molecule has 3 aliphatic rings. The van der Waals surface area contributed by atoms with Gasteiger partial charge in [0.15, 0.2) is 11.5 Å². The molecule has 5 rings (SSSR count). The van der Waals surface area contributed by atoms with Crippen LogP contribution in [0.4, 0.5) is 0 Å². The smallest absolute Gasteiger partial charge is 0.231 e. The first-order valence-electron chi connectivity index (χ1n) is 11.8. The van der Waals surface area contributed by atoms with Crippen molar-refractivity contribution in [3.05, 3.63) is 52.6 Å². The number of carbonyl (C=O) groups excluding carboxylic acids is 1. The van der Waals surface area contributed by atoms with E-state index in [0.29, 0.717) is 25.5 Å². The maximum Gasteiger partial charge on any atom is 0.231 e. The maximum absolute atomic E-state index is 13.3. The standard InChI is InChI=1S/C26H31NO5/c28-23-6-3-18-7-11-27(26(29)19-8-12-30-13-9-19)10-1-2-20-15-24-25(32-17-31-24)16-21(20)4-5-22(23)14-18/h3,6,14-16,19,28H,1-2,4-5,7-13,17H2. The monoisotopic (exact) mass is 437 g/mol. The van der Waals surface area contributed by atoms with Crippen LogP contribution in [-0.4, -0.2) is 49.0 Å². The molecule has 32 heavy (non-hydrogen) atoms. The number of phenolic OH excluding ortho intramolecular Hbond substituents is 1. The number of benzene rings is 2. The molecule has 170 valence electrons. The number of hydrogen-bond donors (Lipinski definition) is 1. The quantitative estimate of drug-likeness (QED) is 0.738. The molecule has 2 aromatic carbocycles. The Morgan fingerprint density at radius 1 is 0.875 bits per heavy atom. The fraction of sp³-hybridized carbons (Fsp3) is 0.500. The van der Waals surface area contributed by atoms with Crippen LogP contribution in [0.15, 0.2) is 30.3 Å². The van der Waals surface area contributed by atoms with E-state index in [1.54, 1.807) is 6.07 Å². The zero-order valence-electron chi connectivity index (χ0n) is 18.5. The van der Waals surface area contributed by atoms with Crippen LogP contribution in [0, 0.1) is 5.92 Å². The highest BCUT2D eigenvalue weighted by atomic mass is 16.7. The topological polar surface area (TPSA) is 68.2 Å². The highest BCUT2D eigenvalue weighted by molar-refractivity contribution is 5.79. The van der Waals surface area contributed by atoms with Crippen molar-refractivity contribution >= 4 is 5.91 Å². The molecule has 0 radical (unpaired) electrons. The number of amides is 1. The Morgan fingerprint density at radius 2 is 1.59 bits per heavy atom. The minimum absolute atomic E-state index is 0.0657. The van der Waals surface area contributed by atoms with E-state index in [-0.39, 0.29) is 18.6 Å². The van der Waals surface area contributed by atoms with Crippen LogP contribution in [-0.2, 0) is 35.2 Å². The molecule has 0 aliphatic carbocycles. The minimum Gasteiger partial charge on any atom is -0.508 e. The van der Waals surface area contributed by atoms with E-state index in [1.165, 1.54) is 11.1 Å². The van der Waals surface area contributed by atoms with Gasteiger partial charge in [0.05, 0.1) is 0 Å². The summed E-state index contributed by atoms with van der Waals surface area (Å²) in [6.07, 6.45) is 5.80. The lowest BCUT2D eigenvalue weighted by molar-refractivity contribution is -0.138. The first kappa shape index (κ1) is 21.1. The third-order valence-electron chi connectivity index (χ3n) is 6.93. The van der Waals surface area contributed by atoms with Gasteiger partial charge in [0.25, 0.3) is 0 Å². The van der Waals surface area contributed by atoms with Crippen molar-refractivity contribution in [1.82, 2.24) is 4.90 Å². The molecule has 0 unspecified atom stereocenters. The van der Waals surface area contributed by atoms with Crippen molar-refractivity contribution in [1.29, 1.82) is 0 Å². The van der Waals surface area contributed by atoms with Crippen LogP contribution < -0.4 is 9.47 Å². The fourth-order valence-electron chi connectivity index (χ4n) is 5.01. The van der Waals surface area contributed by atoms with Gasteiger partial charge >= 0.3 is 0 Å². The molecule has 1 N–H and O–H groups in total. The van der Waals surface area contributed by atoms with E-state index in [2.05, 4.69) is 18.2 Å². The van der Waals surface area contributed by atoms with Gasteiger partial charge in [0.2, 0.25) is 12.7 Å². The largest absolute Gasteiger partial charge is 0.508 e. The summed E-state index contributed by atoms with van der Waals surface area (Å²) in [4.78, 5) is 15.4. The SMILES string of the molecule is O=C(C1CCOCC1)N1CCCc2cc3c(cc2CCc2cc(ccc2O)CC1)OCO3. The van der Waals surface area contributed by atoms with E-state index in [9.17, 15) is 9.90 Å². The van der Waals surface area contributed by atoms with Crippen LogP contribution in [0.5, 0.6) is 17.2 Å². The molecule has 0 spiro atoms. The maximum atomic E-state index is 13.3. The summed E-state index contributed by atoms with van der Waals surface area (Å²) in [5.74, 6) is 2.25. The number of carbonyl (C=O) groups is 1. The molecule has 1 amide bonds. The number of aromatic hydroxyl groups is 1. The summed E-state index contributed by atoms with van der Waals surface area (Å²) < 4.78 is 16.7. The van der Waals surface area contributed by atoms with Crippen LogP contribution in [0.2, 0.25) is 0 Å². The minimum atomic E-state index is 0.0657. The van der Waals surface area contributed by atoms with Crippen molar-refractivity contribution < 1.29 is 24.1 Å². The van der Waals surface area contributed by atoms with E-state index in [4.69, 9.17) is 14.2 Å². The lowest BCUT2D eigenvalue weighted by atomic mass is 9.95. The zero-order chi connectivity index (χ0) is 21.9. The molecule has 3 aliphatic heterocycles. The fourth-order valence-corrected chi connectivity index (χ4v) is 5.01. The van der Waals surface area contributed by atoms with Gasteiger partial charge in [-0.3, -0.25) is 4.79 Å². The number of fused-ring (bicyclic) bond motifs is 4. The van der Waals surface area contributed by atoms with E-state index in [1.807, 2.05) is 11.0 Å². The van der Waals surface area contributed by atoms with Crippen LogP contribution in [0.1, 0.15) is 41.5 Å². The highest BCUT2D eigenvalue weighted by Crippen LogP contribution is 2.36. The number of hydrogen-bond acceptors (Lipinski definition) is 5. The summed E-state index contributed by atoms with van der Waals surface area (Å²) in [6.45, 7) is 3.05. The lowest BCUT2D eigenvalue weighted by Crippen LogP contribution is -2.40. The van der Waals surface area contributed by atoms with Gasteiger partial charge in [-0.15, -0.1) is 0 Å². The summed E-state index contributed by atoms with van der Waals surface area (Å²) >= 11 is 0. The number of phenols is 1. The lowest BCUT2D eigenvalue weighted by Gasteiger charge is -2.29. The predicted molar refractivity (Wildman–Crippen MR) is 120 cm³/mol. The molecular formula is C26H31NO5. The average molecular weight is 438 g/mol. The van der Waals surface area contributed by atoms with Crippen molar-refractivity contribution in [2.45, 2.75) is 44.9 Å². The Bertz CT molecular complexity index is 982. The summed E-state index contributed by atoms with van der Waals surface area (Å²) in [5.41, 5.74) is 4.57. The average Bonchev–Trinajstić information content (AvgIpc) is 3.28. The molecule has 1 saturated heterocycles. The zero-order valence-corrected chi connectivity index (χ0v) is 18.5. The summed E-state index contributed by atoms with van der Waals surface area (Å²) in [7, 11) is 0. The van der Waals surface area contributed by atoms with E-state index >= 15 is 0 Å². The Labute approximate surface area is 189 Å². The Kier molecular flexibility index (Phi) is 6.21. The second-order valence-electron chi connectivity index (χ2n) is 9.00. The van der Waals surface area contributed by atoms with Crippen molar-refractivity contribution in [2.24, 2.45) is 5.92 Å². The predicted octanol–water partition coefficient (Wildman–Crippen LogP) is 3.65. The molecule has 6 nitrogen and oxygen atoms in total. The Balaban J connectivity index is 1.43. The van der Waals surface area contributed by atoms with Crippen molar-refractivity contribution in [3.63, 3.8) is 0 Å². The van der Waals surface area contributed by atoms with Crippen molar-refractivity contribution in [3.8, 4) is 17.2 Å². The number of nitrogens with zero attached hydrogens (tertiary/aromatic N) is 1. The molecule has 0 saturated carbocycles. The van der Waals surface area contributed by atoms with Gasteiger partial charge in [-0.1, -0.05) is 12.1 Å². The first-order valence-corrected chi connectivity index (χ1v) is 11.8. The van der Waals surface area contributed by atoms with Crippen LogP contribution in [0.25, 0.3) is 0 Å². The van der Waals surface area contributed by atoms with E-state index in [0.717, 1.165) is 74.1 Å². The number of aryl methyl sites for hydroxylation is 3. The summed E-state index contributed by atoms with van der Waals surface area (Å²) in [6, 6.07) is 10.0. The van der Waals surface area contributed by atoms with Gasteiger partial charge in [-0.05, 0) is 85.4 Å². The van der Waals surface area contributed by atoms with Gasteiger partial charge in [0.1, 0.15) is 5.75 Å². The third-order valence-corrected chi connectivity index (χ3v) is 6.93. The molecule has 6 heteroatoms. The Hall–Kier alpha value is -2.73. The molecule has 0 atom stereocenters. The number of rotatable bonds is 1.